The first kappa shape index (κ1) is 11.9. The number of fused-ring (bicyclic) bond motifs is 1. The fourth-order valence-electron chi connectivity index (χ4n) is 3.64. The van der Waals surface area contributed by atoms with Crippen molar-refractivity contribution in [3.63, 3.8) is 0 Å². The Labute approximate surface area is 99.3 Å². The van der Waals surface area contributed by atoms with Crippen LogP contribution in [0.2, 0.25) is 0 Å². The van der Waals surface area contributed by atoms with Gasteiger partial charge in [-0.2, -0.15) is 0 Å². The van der Waals surface area contributed by atoms with Gasteiger partial charge in [-0.1, -0.05) is 37.6 Å². The molecule has 2 aliphatic carbocycles. The molecule has 2 aliphatic rings. The van der Waals surface area contributed by atoms with Crippen molar-refractivity contribution in [1.82, 2.24) is 0 Å². The molecule has 0 unspecified atom stereocenters. The maximum Gasteiger partial charge on any atom is 0.0830 e. The van der Waals surface area contributed by atoms with E-state index in [1.165, 1.54) is 18.4 Å². The van der Waals surface area contributed by atoms with Crippen molar-refractivity contribution in [3.8, 4) is 0 Å². The molecule has 0 saturated heterocycles. The molecule has 1 nitrogen and oxygen atoms in total. The molecule has 0 amide bonds. The van der Waals surface area contributed by atoms with Crippen molar-refractivity contribution in [1.29, 1.82) is 0 Å². The molecule has 1 N–H and O–H groups in total. The maximum absolute atomic E-state index is 10.4. The van der Waals surface area contributed by atoms with Crippen LogP contribution >= 0.6 is 0 Å². The lowest BCUT2D eigenvalue weighted by atomic mass is 9.59. The van der Waals surface area contributed by atoms with Gasteiger partial charge in [-0.15, -0.1) is 0 Å². The Morgan fingerprint density at radius 1 is 1.44 bits per heavy atom. The largest absolute Gasteiger partial charge is 0.386 e. The van der Waals surface area contributed by atoms with Crippen LogP contribution in [-0.4, -0.2) is 10.7 Å². The highest BCUT2D eigenvalue weighted by atomic mass is 16.3. The molecule has 90 valence electrons. The van der Waals surface area contributed by atoms with Crippen LogP contribution in [0.15, 0.2) is 24.3 Å². The van der Waals surface area contributed by atoms with E-state index in [4.69, 9.17) is 0 Å². The first-order chi connectivity index (χ1) is 7.42. The molecule has 0 bridgehead atoms. The van der Waals surface area contributed by atoms with Crippen molar-refractivity contribution < 1.29 is 5.11 Å². The zero-order valence-electron chi connectivity index (χ0n) is 10.7. The van der Waals surface area contributed by atoms with E-state index in [2.05, 4.69) is 26.5 Å². The smallest absolute Gasteiger partial charge is 0.0830 e. The quantitative estimate of drug-likeness (QED) is 0.670. The maximum atomic E-state index is 10.4. The summed E-state index contributed by atoms with van der Waals surface area (Å²) < 4.78 is 0. The van der Waals surface area contributed by atoms with E-state index in [0.717, 1.165) is 12.3 Å². The second kappa shape index (κ2) is 4.03. The average Bonchev–Trinajstić information content (AvgIpc) is 2.16. The van der Waals surface area contributed by atoms with E-state index in [9.17, 15) is 5.11 Å². The third kappa shape index (κ3) is 1.98. The number of hydrogen-bond acceptors (Lipinski definition) is 1. The monoisotopic (exact) mass is 220 g/mol. The minimum atomic E-state index is -0.600. The molecular weight excluding hydrogens is 196 g/mol. The average molecular weight is 220 g/mol. The van der Waals surface area contributed by atoms with E-state index < -0.39 is 5.60 Å². The van der Waals surface area contributed by atoms with E-state index in [1.807, 2.05) is 13.0 Å². The lowest BCUT2D eigenvalue weighted by molar-refractivity contribution is -0.0297. The molecule has 0 aromatic rings. The fraction of sp³-hybridized carbons (Fsp3) is 0.733. The molecule has 1 saturated carbocycles. The van der Waals surface area contributed by atoms with Crippen molar-refractivity contribution in [2.45, 2.75) is 45.6 Å². The van der Waals surface area contributed by atoms with Gasteiger partial charge < -0.3 is 5.11 Å². The Balaban J connectivity index is 2.30. The summed E-state index contributed by atoms with van der Waals surface area (Å²) in [5, 5.41) is 10.4. The normalized spacial score (nSPS) is 47.5. The highest BCUT2D eigenvalue weighted by Gasteiger charge is 2.44. The minimum Gasteiger partial charge on any atom is -0.386 e. The summed E-state index contributed by atoms with van der Waals surface area (Å²) in [5.41, 5.74) is 0.646. The van der Waals surface area contributed by atoms with Gasteiger partial charge in [0.15, 0.2) is 0 Å². The molecule has 0 spiro atoms. The summed E-state index contributed by atoms with van der Waals surface area (Å²) in [4.78, 5) is 0. The van der Waals surface area contributed by atoms with Crippen LogP contribution in [0.4, 0.5) is 0 Å². The van der Waals surface area contributed by atoms with Gasteiger partial charge in [0.25, 0.3) is 0 Å². The summed E-state index contributed by atoms with van der Waals surface area (Å²) in [5.74, 6) is 2.30. The number of rotatable bonds is 1. The highest BCUT2D eigenvalue weighted by Crippen LogP contribution is 2.48. The van der Waals surface area contributed by atoms with Crippen molar-refractivity contribution in [3.05, 3.63) is 24.3 Å². The van der Waals surface area contributed by atoms with Gasteiger partial charge >= 0.3 is 0 Å². The van der Waals surface area contributed by atoms with Crippen LogP contribution < -0.4 is 0 Å². The zero-order chi connectivity index (χ0) is 11.9. The predicted octanol–water partition coefficient (Wildman–Crippen LogP) is 3.55. The third-order valence-corrected chi connectivity index (χ3v) is 4.58. The highest BCUT2D eigenvalue weighted by molar-refractivity contribution is 5.20. The van der Waals surface area contributed by atoms with Crippen LogP contribution in [0.1, 0.15) is 40.0 Å². The second-order valence-corrected chi connectivity index (χ2v) is 6.15. The summed E-state index contributed by atoms with van der Waals surface area (Å²) in [6.07, 6.45) is 7.84. The van der Waals surface area contributed by atoms with Gasteiger partial charge in [0.2, 0.25) is 0 Å². The van der Waals surface area contributed by atoms with Crippen LogP contribution in [0.3, 0.4) is 0 Å². The minimum absolute atomic E-state index is 0.426. The zero-order valence-corrected chi connectivity index (χ0v) is 10.7. The van der Waals surface area contributed by atoms with E-state index in [1.54, 1.807) is 0 Å². The Bertz CT molecular complexity index is 313. The fourth-order valence-corrected chi connectivity index (χ4v) is 3.64. The molecule has 0 aromatic heterocycles. The molecule has 2 rings (SSSR count). The first-order valence-corrected chi connectivity index (χ1v) is 6.49. The summed E-state index contributed by atoms with van der Waals surface area (Å²) in [6.45, 7) is 10.5. The predicted molar refractivity (Wildman–Crippen MR) is 68.1 cm³/mol. The molecule has 1 heteroatoms. The molecule has 0 radical (unpaired) electrons. The van der Waals surface area contributed by atoms with E-state index >= 15 is 0 Å². The van der Waals surface area contributed by atoms with Crippen LogP contribution in [0.25, 0.3) is 0 Å². The molecule has 5 atom stereocenters. The number of allylic oxidation sites excluding steroid dienone is 2. The Morgan fingerprint density at radius 2 is 2.12 bits per heavy atom. The third-order valence-electron chi connectivity index (χ3n) is 4.58. The summed E-state index contributed by atoms with van der Waals surface area (Å²) in [6, 6.07) is 0. The lowest BCUT2D eigenvalue weighted by Gasteiger charge is -2.47. The van der Waals surface area contributed by atoms with Gasteiger partial charge in [-0.3, -0.25) is 0 Å². The van der Waals surface area contributed by atoms with Crippen molar-refractivity contribution in [2.24, 2.45) is 23.7 Å². The van der Waals surface area contributed by atoms with E-state index in [-0.39, 0.29) is 0 Å². The van der Waals surface area contributed by atoms with Crippen LogP contribution in [-0.2, 0) is 0 Å². The Kier molecular flexibility index (Phi) is 3.00. The molecule has 16 heavy (non-hydrogen) atoms. The van der Waals surface area contributed by atoms with Crippen LogP contribution in [0, 0.1) is 23.7 Å². The van der Waals surface area contributed by atoms with Crippen molar-refractivity contribution in [2.75, 3.05) is 0 Å². The number of aliphatic hydroxyl groups is 1. The standard InChI is InChI=1S/C15H24O/c1-10(2)12-7-8-15(4,16)14-6-5-11(3)9-13(12)14/h7-8,11-14,16H,1,5-6,9H2,2-4H3/t11-,12-,13-,14+,15+/m0/s1. The topological polar surface area (TPSA) is 20.2 Å². The summed E-state index contributed by atoms with van der Waals surface area (Å²) in [7, 11) is 0. The Morgan fingerprint density at radius 3 is 2.75 bits per heavy atom. The molecule has 0 aromatic carbocycles. The van der Waals surface area contributed by atoms with Gasteiger partial charge in [0, 0.05) is 5.92 Å². The Hall–Kier alpha value is -0.560. The second-order valence-electron chi connectivity index (χ2n) is 6.15. The number of hydrogen-bond donors (Lipinski definition) is 1. The van der Waals surface area contributed by atoms with Gasteiger partial charge in [-0.05, 0) is 44.4 Å². The molecule has 0 aliphatic heterocycles. The SMILES string of the molecule is C=C(C)[C@@H]1C=C[C@@](C)(O)[C@@H]2CC[C@H](C)C[C@H]21. The van der Waals surface area contributed by atoms with Gasteiger partial charge in [-0.25, -0.2) is 0 Å². The molecule has 0 heterocycles. The molecule has 1 fully saturated rings. The van der Waals surface area contributed by atoms with Gasteiger partial charge in [0.1, 0.15) is 0 Å². The van der Waals surface area contributed by atoms with Gasteiger partial charge in [0.05, 0.1) is 5.60 Å². The van der Waals surface area contributed by atoms with E-state index in [0.29, 0.717) is 17.8 Å². The van der Waals surface area contributed by atoms with Crippen LogP contribution in [0.5, 0.6) is 0 Å². The first-order valence-electron chi connectivity index (χ1n) is 6.49. The molecular formula is C15H24O. The van der Waals surface area contributed by atoms with Crippen molar-refractivity contribution >= 4 is 0 Å². The summed E-state index contributed by atoms with van der Waals surface area (Å²) >= 11 is 0. The lowest BCUT2D eigenvalue weighted by Crippen LogP contribution is -2.46.